The predicted molar refractivity (Wildman–Crippen MR) is 98.0 cm³/mol. The maximum atomic E-state index is 6.73. The van der Waals surface area contributed by atoms with Crippen LogP contribution in [0.25, 0.3) is 0 Å². The minimum atomic E-state index is -0.456. The lowest BCUT2D eigenvalue weighted by atomic mass is 9.57. The molecule has 0 radical (unpaired) electrons. The maximum absolute atomic E-state index is 6.73. The van der Waals surface area contributed by atoms with Gasteiger partial charge in [-0.15, -0.1) is 0 Å². The summed E-state index contributed by atoms with van der Waals surface area (Å²) in [4.78, 5) is 1.27. The number of hydrogen-bond donors (Lipinski definition) is 0. The second-order valence-corrected chi connectivity index (χ2v) is 9.81. The van der Waals surface area contributed by atoms with E-state index in [0.717, 1.165) is 6.42 Å². The molecule has 1 aliphatic carbocycles. The summed E-state index contributed by atoms with van der Waals surface area (Å²) in [5.74, 6) is 1.79. The minimum absolute atomic E-state index is 0.128. The van der Waals surface area contributed by atoms with E-state index in [2.05, 4.69) is 51.1 Å². The Morgan fingerprint density at radius 2 is 1.84 bits per heavy atom. The van der Waals surface area contributed by atoms with E-state index >= 15 is 0 Å². The van der Waals surface area contributed by atoms with Gasteiger partial charge >= 0.3 is 0 Å². The number of rotatable bonds is 2. The van der Waals surface area contributed by atoms with Crippen molar-refractivity contribution in [3.63, 3.8) is 0 Å². The first-order chi connectivity index (χ1) is 12.0. The van der Waals surface area contributed by atoms with Crippen molar-refractivity contribution >= 4 is 11.8 Å². The summed E-state index contributed by atoms with van der Waals surface area (Å²) in [6, 6.07) is 10.6. The standard InChI is InChI=1S/C21H28O3S/c1-13-9-10-17-14(2)18(25-15-7-5-4-6-8-15)22-19-21(17)16(13)11-12-20(3,23-19)24-21/h4-8,13-14,16-19H,9-12H2,1-3H3/t13-,14-,16+,17+,18-,19-,20-,21-/m1/s1. The zero-order valence-electron chi connectivity index (χ0n) is 15.3. The van der Waals surface area contributed by atoms with Gasteiger partial charge in [0.1, 0.15) is 11.0 Å². The fraction of sp³-hybridized carbons (Fsp3) is 0.714. The molecule has 8 atom stereocenters. The molecule has 4 fully saturated rings. The van der Waals surface area contributed by atoms with Crippen LogP contribution < -0.4 is 0 Å². The van der Waals surface area contributed by atoms with Crippen molar-refractivity contribution in [2.75, 3.05) is 0 Å². The molecule has 3 aliphatic heterocycles. The number of thioether (sulfide) groups is 1. The van der Waals surface area contributed by atoms with Crippen LogP contribution in [-0.2, 0) is 14.2 Å². The molecule has 1 spiro atoms. The van der Waals surface area contributed by atoms with Gasteiger partial charge in [0.2, 0.25) is 0 Å². The molecule has 0 unspecified atom stereocenters. The highest BCUT2D eigenvalue weighted by Crippen LogP contribution is 2.64. The second kappa shape index (κ2) is 5.72. The van der Waals surface area contributed by atoms with Crippen LogP contribution in [0, 0.1) is 23.7 Å². The Morgan fingerprint density at radius 1 is 1.04 bits per heavy atom. The maximum Gasteiger partial charge on any atom is 0.191 e. The molecule has 4 aliphatic rings. The third-order valence-electron chi connectivity index (χ3n) is 7.12. The third kappa shape index (κ3) is 2.37. The second-order valence-electron chi connectivity index (χ2n) is 8.64. The van der Waals surface area contributed by atoms with Crippen LogP contribution in [0.15, 0.2) is 35.2 Å². The fourth-order valence-electron chi connectivity index (χ4n) is 5.90. The van der Waals surface area contributed by atoms with E-state index in [-0.39, 0.29) is 17.3 Å². The first-order valence-electron chi connectivity index (χ1n) is 9.77. The summed E-state index contributed by atoms with van der Waals surface area (Å²) < 4.78 is 19.7. The van der Waals surface area contributed by atoms with Gasteiger partial charge in [-0.3, -0.25) is 0 Å². The van der Waals surface area contributed by atoms with Gasteiger partial charge in [-0.1, -0.05) is 43.8 Å². The van der Waals surface area contributed by atoms with Gasteiger partial charge in [0, 0.05) is 11.3 Å². The van der Waals surface area contributed by atoms with Crippen LogP contribution in [-0.4, -0.2) is 23.1 Å². The molecule has 25 heavy (non-hydrogen) atoms. The summed E-state index contributed by atoms with van der Waals surface area (Å²) in [5, 5.41) is 0. The molecule has 5 rings (SSSR count). The number of benzene rings is 1. The smallest absolute Gasteiger partial charge is 0.191 e. The van der Waals surface area contributed by atoms with Crippen molar-refractivity contribution in [3.8, 4) is 0 Å². The largest absolute Gasteiger partial charge is 0.338 e. The van der Waals surface area contributed by atoms with E-state index in [0.29, 0.717) is 23.7 Å². The Kier molecular flexibility index (Phi) is 3.80. The Balaban J connectivity index is 1.49. The monoisotopic (exact) mass is 360 g/mol. The SMILES string of the molecule is C[C@H]1[C@@H](Sc2ccccc2)O[C@@H]2O[C@@]3(C)CC[C@H]4[C@H](C)CC[C@@H]1[C@@]24O3. The first-order valence-corrected chi connectivity index (χ1v) is 10.6. The molecule has 1 saturated carbocycles. The van der Waals surface area contributed by atoms with Crippen LogP contribution in [0.1, 0.15) is 46.5 Å². The van der Waals surface area contributed by atoms with E-state index < -0.39 is 5.79 Å². The van der Waals surface area contributed by atoms with Gasteiger partial charge in [0.05, 0.1) is 0 Å². The Hall–Kier alpha value is -0.550. The quantitative estimate of drug-likeness (QED) is 0.737. The van der Waals surface area contributed by atoms with Crippen LogP contribution in [0.4, 0.5) is 0 Å². The molecule has 3 heterocycles. The van der Waals surface area contributed by atoms with Gasteiger partial charge in [0.25, 0.3) is 0 Å². The Morgan fingerprint density at radius 3 is 2.64 bits per heavy atom. The van der Waals surface area contributed by atoms with Gasteiger partial charge < -0.3 is 14.2 Å². The van der Waals surface area contributed by atoms with Gasteiger partial charge in [-0.2, -0.15) is 0 Å². The summed E-state index contributed by atoms with van der Waals surface area (Å²) in [6.45, 7) is 6.86. The molecular formula is C21H28O3S. The molecule has 0 amide bonds. The van der Waals surface area contributed by atoms with Crippen LogP contribution in [0.5, 0.6) is 0 Å². The van der Waals surface area contributed by atoms with Crippen molar-refractivity contribution in [2.45, 2.75) is 74.5 Å². The van der Waals surface area contributed by atoms with E-state index in [4.69, 9.17) is 14.2 Å². The van der Waals surface area contributed by atoms with Crippen molar-refractivity contribution in [1.82, 2.24) is 0 Å². The molecular weight excluding hydrogens is 332 g/mol. The summed E-state index contributed by atoms with van der Waals surface area (Å²) in [6.07, 6.45) is 4.51. The van der Waals surface area contributed by atoms with E-state index in [1.165, 1.54) is 24.2 Å². The van der Waals surface area contributed by atoms with E-state index in [9.17, 15) is 0 Å². The van der Waals surface area contributed by atoms with Gasteiger partial charge in [0.15, 0.2) is 12.1 Å². The zero-order valence-corrected chi connectivity index (χ0v) is 16.1. The molecule has 2 bridgehead atoms. The Labute approximate surface area is 154 Å². The third-order valence-corrected chi connectivity index (χ3v) is 8.44. The molecule has 0 N–H and O–H groups in total. The molecule has 4 heteroatoms. The molecule has 1 aromatic rings. The highest BCUT2D eigenvalue weighted by atomic mass is 32.2. The average molecular weight is 361 g/mol. The predicted octanol–water partition coefficient (Wildman–Crippen LogP) is 5.06. The number of ether oxygens (including phenoxy) is 3. The number of fused-ring (bicyclic) bond motifs is 1. The molecule has 1 aromatic carbocycles. The van der Waals surface area contributed by atoms with Crippen molar-refractivity contribution in [3.05, 3.63) is 30.3 Å². The van der Waals surface area contributed by atoms with Crippen molar-refractivity contribution in [2.24, 2.45) is 23.7 Å². The van der Waals surface area contributed by atoms with E-state index in [1.807, 2.05) is 11.8 Å². The van der Waals surface area contributed by atoms with E-state index in [1.54, 1.807) is 0 Å². The molecule has 3 saturated heterocycles. The fourth-order valence-corrected chi connectivity index (χ4v) is 7.05. The van der Waals surface area contributed by atoms with Crippen LogP contribution >= 0.6 is 11.8 Å². The van der Waals surface area contributed by atoms with Gasteiger partial charge in [-0.05, 0) is 62.0 Å². The van der Waals surface area contributed by atoms with Gasteiger partial charge in [-0.25, -0.2) is 0 Å². The molecule has 0 aromatic heterocycles. The zero-order chi connectivity index (χ0) is 17.2. The Bertz CT molecular complexity index is 652. The highest BCUT2D eigenvalue weighted by molar-refractivity contribution is 7.99. The first kappa shape index (κ1) is 16.6. The lowest BCUT2D eigenvalue weighted by Crippen LogP contribution is -2.65. The molecule has 3 nitrogen and oxygen atoms in total. The number of hydrogen-bond acceptors (Lipinski definition) is 4. The highest BCUT2D eigenvalue weighted by Gasteiger charge is 2.71. The minimum Gasteiger partial charge on any atom is -0.338 e. The normalized spacial score (nSPS) is 51.2. The molecule has 136 valence electrons. The van der Waals surface area contributed by atoms with Crippen LogP contribution in [0.3, 0.4) is 0 Å². The summed E-state index contributed by atoms with van der Waals surface area (Å²) in [5.41, 5.74) is -0.0960. The summed E-state index contributed by atoms with van der Waals surface area (Å²) >= 11 is 1.84. The average Bonchev–Trinajstić information content (AvgIpc) is 2.81. The van der Waals surface area contributed by atoms with Crippen LogP contribution in [0.2, 0.25) is 0 Å². The van der Waals surface area contributed by atoms with Crippen molar-refractivity contribution in [1.29, 1.82) is 0 Å². The topological polar surface area (TPSA) is 27.7 Å². The lowest BCUT2D eigenvalue weighted by molar-refractivity contribution is -0.275. The lowest BCUT2D eigenvalue weighted by Gasteiger charge is -2.58. The summed E-state index contributed by atoms with van der Waals surface area (Å²) in [7, 11) is 0. The van der Waals surface area contributed by atoms with Crippen molar-refractivity contribution < 1.29 is 14.2 Å².